The van der Waals surface area contributed by atoms with Crippen molar-refractivity contribution in [1.29, 1.82) is 0 Å². The van der Waals surface area contributed by atoms with Crippen LogP contribution < -0.4 is 5.32 Å². The molecule has 18 heavy (non-hydrogen) atoms. The van der Waals surface area contributed by atoms with Crippen LogP contribution in [0.4, 0.5) is 0 Å². The van der Waals surface area contributed by atoms with Crippen LogP contribution in [0.5, 0.6) is 0 Å². The zero-order valence-electron chi connectivity index (χ0n) is 11.7. The Morgan fingerprint density at radius 1 is 1.28 bits per heavy atom. The third-order valence-corrected chi connectivity index (χ3v) is 3.67. The minimum Gasteiger partial charge on any atom is -0.480 e. The third kappa shape index (κ3) is 4.67. The lowest BCUT2D eigenvalue weighted by molar-refractivity contribution is -0.145. The highest BCUT2D eigenvalue weighted by Gasteiger charge is 2.32. The lowest BCUT2D eigenvalue weighted by Crippen LogP contribution is -2.49. The van der Waals surface area contributed by atoms with Crippen LogP contribution in [0, 0.1) is 11.3 Å². The van der Waals surface area contributed by atoms with Gasteiger partial charge in [0.15, 0.2) is 0 Å². The molecule has 4 nitrogen and oxygen atoms in total. The number of carbonyl (C=O) groups excluding carboxylic acids is 1. The molecule has 1 saturated carbocycles. The fourth-order valence-electron chi connectivity index (χ4n) is 2.52. The maximum atomic E-state index is 11.8. The molecule has 1 aliphatic carbocycles. The Kier molecular flexibility index (Phi) is 5.17. The summed E-state index contributed by atoms with van der Waals surface area (Å²) in [4.78, 5) is 22.9. The summed E-state index contributed by atoms with van der Waals surface area (Å²) in [6.45, 7) is 5.47. The molecule has 0 spiro atoms. The van der Waals surface area contributed by atoms with E-state index in [0.29, 0.717) is 12.3 Å². The summed E-state index contributed by atoms with van der Waals surface area (Å²) >= 11 is 0. The van der Waals surface area contributed by atoms with Gasteiger partial charge in [0.25, 0.3) is 0 Å². The second-order valence-corrected chi connectivity index (χ2v) is 6.39. The topological polar surface area (TPSA) is 66.4 Å². The molecule has 1 amide bonds. The standard InChI is InChI=1S/C14H25NO3/c1-14(2,3)12(13(17)18)15-11(16)9-8-10-6-4-5-7-10/h10,12H,4-9H2,1-3H3,(H,15,16)(H,17,18)/t12-/m0/s1. The van der Waals surface area contributed by atoms with Crippen LogP contribution in [0.15, 0.2) is 0 Å². The average molecular weight is 255 g/mol. The number of carboxylic acid groups (broad SMARTS) is 1. The fraction of sp³-hybridized carbons (Fsp3) is 0.857. The largest absolute Gasteiger partial charge is 0.480 e. The molecular formula is C14H25NO3. The van der Waals surface area contributed by atoms with Gasteiger partial charge in [0.05, 0.1) is 0 Å². The Bertz CT molecular complexity index is 301. The molecule has 0 aromatic rings. The van der Waals surface area contributed by atoms with Gasteiger partial charge in [-0.05, 0) is 17.8 Å². The van der Waals surface area contributed by atoms with Gasteiger partial charge in [0.2, 0.25) is 5.91 Å². The molecule has 0 radical (unpaired) electrons. The molecule has 4 heteroatoms. The number of rotatable bonds is 5. The van der Waals surface area contributed by atoms with E-state index in [1.807, 2.05) is 20.8 Å². The minimum atomic E-state index is -0.961. The highest BCUT2D eigenvalue weighted by atomic mass is 16.4. The van der Waals surface area contributed by atoms with E-state index in [1.54, 1.807) is 0 Å². The molecule has 104 valence electrons. The Morgan fingerprint density at radius 2 is 1.83 bits per heavy atom. The Balaban J connectivity index is 2.39. The summed E-state index contributed by atoms with van der Waals surface area (Å²) < 4.78 is 0. The Labute approximate surface area is 109 Å². The maximum Gasteiger partial charge on any atom is 0.326 e. The molecule has 0 unspecified atom stereocenters. The first-order valence-electron chi connectivity index (χ1n) is 6.83. The molecule has 1 atom stereocenters. The zero-order chi connectivity index (χ0) is 13.8. The molecule has 0 aromatic carbocycles. The van der Waals surface area contributed by atoms with E-state index in [0.717, 1.165) is 6.42 Å². The predicted octanol–water partition coefficient (Wildman–Crippen LogP) is 2.57. The molecule has 0 aromatic heterocycles. The number of carboxylic acids is 1. The van der Waals surface area contributed by atoms with Gasteiger partial charge in [-0.2, -0.15) is 0 Å². The summed E-state index contributed by atoms with van der Waals surface area (Å²) in [5.41, 5.74) is -0.463. The van der Waals surface area contributed by atoms with E-state index in [2.05, 4.69) is 5.32 Å². The first-order chi connectivity index (χ1) is 8.30. The van der Waals surface area contributed by atoms with Crippen LogP contribution >= 0.6 is 0 Å². The highest BCUT2D eigenvalue weighted by Crippen LogP contribution is 2.28. The minimum absolute atomic E-state index is 0.135. The van der Waals surface area contributed by atoms with E-state index >= 15 is 0 Å². The van der Waals surface area contributed by atoms with E-state index in [9.17, 15) is 9.59 Å². The molecule has 0 heterocycles. The van der Waals surface area contributed by atoms with E-state index in [4.69, 9.17) is 5.11 Å². The zero-order valence-corrected chi connectivity index (χ0v) is 11.7. The molecule has 1 rings (SSSR count). The van der Waals surface area contributed by atoms with Gasteiger partial charge >= 0.3 is 5.97 Å². The van der Waals surface area contributed by atoms with Crippen LogP contribution in [0.2, 0.25) is 0 Å². The van der Waals surface area contributed by atoms with Gasteiger partial charge in [-0.1, -0.05) is 46.5 Å². The molecule has 0 aliphatic heterocycles. The van der Waals surface area contributed by atoms with Crippen LogP contribution in [0.1, 0.15) is 59.3 Å². The molecule has 1 fully saturated rings. The molecule has 0 bridgehead atoms. The number of nitrogens with one attached hydrogen (secondary N) is 1. The lowest BCUT2D eigenvalue weighted by atomic mass is 9.86. The van der Waals surface area contributed by atoms with E-state index < -0.39 is 17.4 Å². The first-order valence-corrected chi connectivity index (χ1v) is 6.83. The van der Waals surface area contributed by atoms with Crippen molar-refractivity contribution < 1.29 is 14.7 Å². The SMILES string of the molecule is CC(C)(C)[C@@H](NC(=O)CCC1CCCC1)C(=O)O. The van der Waals surface area contributed by atoms with Crippen molar-refractivity contribution in [1.82, 2.24) is 5.32 Å². The number of aliphatic carboxylic acids is 1. The lowest BCUT2D eigenvalue weighted by Gasteiger charge is -2.27. The van der Waals surface area contributed by atoms with Gasteiger partial charge < -0.3 is 10.4 Å². The van der Waals surface area contributed by atoms with E-state index in [-0.39, 0.29) is 5.91 Å². The van der Waals surface area contributed by atoms with Crippen molar-refractivity contribution in [3.05, 3.63) is 0 Å². The smallest absolute Gasteiger partial charge is 0.326 e. The normalized spacial score (nSPS) is 18.6. The number of carbonyl (C=O) groups is 2. The van der Waals surface area contributed by atoms with Gasteiger partial charge in [-0.15, -0.1) is 0 Å². The molecule has 0 saturated heterocycles. The van der Waals surface area contributed by atoms with Crippen LogP contribution in [-0.2, 0) is 9.59 Å². The number of hydrogen-bond donors (Lipinski definition) is 2. The van der Waals surface area contributed by atoms with Crippen molar-refractivity contribution in [3.63, 3.8) is 0 Å². The quantitative estimate of drug-likeness (QED) is 0.793. The summed E-state index contributed by atoms with van der Waals surface area (Å²) in [7, 11) is 0. The van der Waals surface area contributed by atoms with Crippen molar-refractivity contribution in [2.24, 2.45) is 11.3 Å². The Morgan fingerprint density at radius 3 is 2.28 bits per heavy atom. The summed E-state index contributed by atoms with van der Waals surface area (Å²) in [5, 5.41) is 11.8. The molecular weight excluding hydrogens is 230 g/mol. The van der Waals surface area contributed by atoms with E-state index in [1.165, 1.54) is 25.7 Å². The van der Waals surface area contributed by atoms with Gasteiger partial charge in [0, 0.05) is 6.42 Å². The van der Waals surface area contributed by atoms with Crippen molar-refractivity contribution in [3.8, 4) is 0 Å². The average Bonchev–Trinajstić information content (AvgIpc) is 2.73. The monoisotopic (exact) mass is 255 g/mol. The maximum absolute atomic E-state index is 11.8. The summed E-state index contributed by atoms with van der Waals surface area (Å²) in [5.74, 6) is -0.436. The fourth-order valence-corrected chi connectivity index (χ4v) is 2.52. The van der Waals surface area contributed by atoms with Gasteiger partial charge in [-0.25, -0.2) is 4.79 Å². The second kappa shape index (κ2) is 6.21. The van der Waals surface area contributed by atoms with Crippen molar-refractivity contribution >= 4 is 11.9 Å². The number of hydrogen-bond acceptors (Lipinski definition) is 2. The van der Waals surface area contributed by atoms with Crippen molar-refractivity contribution in [2.75, 3.05) is 0 Å². The molecule has 2 N–H and O–H groups in total. The van der Waals surface area contributed by atoms with Crippen molar-refractivity contribution in [2.45, 2.75) is 65.3 Å². The third-order valence-electron chi connectivity index (χ3n) is 3.67. The Hall–Kier alpha value is -1.06. The summed E-state index contributed by atoms with van der Waals surface area (Å²) in [6.07, 6.45) is 6.31. The predicted molar refractivity (Wildman–Crippen MR) is 70.2 cm³/mol. The first kappa shape index (κ1) is 15.0. The number of amides is 1. The second-order valence-electron chi connectivity index (χ2n) is 6.39. The van der Waals surface area contributed by atoms with Gasteiger partial charge in [0.1, 0.15) is 6.04 Å². The van der Waals surface area contributed by atoms with Crippen LogP contribution in [-0.4, -0.2) is 23.0 Å². The summed E-state index contributed by atoms with van der Waals surface area (Å²) in [6, 6.07) is -0.812. The molecule has 1 aliphatic rings. The van der Waals surface area contributed by atoms with Crippen LogP contribution in [0.3, 0.4) is 0 Å². The van der Waals surface area contributed by atoms with Crippen LogP contribution in [0.25, 0.3) is 0 Å². The van der Waals surface area contributed by atoms with Gasteiger partial charge in [-0.3, -0.25) is 4.79 Å². The highest BCUT2D eigenvalue weighted by molar-refractivity contribution is 5.84.